The fourth-order valence-electron chi connectivity index (χ4n) is 1.60. The molecule has 0 spiro atoms. The minimum absolute atomic E-state index is 0.102. The molecule has 1 aromatic rings. The number of ketones is 1. The van der Waals surface area contributed by atoms with Crippen molar-refractivity contribution in [3.05, 3.63) is 35.4 Å². The number of methoxy groups -OCH3 is 1. The molecule has 0 fully saturated rings. The SMILES string of the molecule is COCCC(N)C(=O)Cc1cccc(C(F)(F)F)c1. The van der Waals surface area contributed by atoms with E-state index >= 15 is 0 Å². The van der Waals surface area contributed by atoms with Gasteiger partial charge in [0.15, 0.2) is 5.78 Å². The van der Waals surface area contributed by atoms with Crippen LogP contribution in [0.25, 0.3) is 0 Å². The standard InChI is InChI=1S/C13H16F3NO2/c1-19-6-5-11(17)12(18)8-9-3-2-4-10(7-9)13(14,15)16/h2-4,7,11H,5-6,8,17H2,1H3. The minimum atomic E-state index is -4.41. The van der Waals surface area contributed by atoms with Crippen molar-refractivity contribution in [2.75, 3.05) is 13.7 Å². The molecule has 1 rings (SSSR count). The van der Waals surface area contributed by atoms with E-state index in [1.54, 1.807) is 0 Å². The molecule has 1 unspecified atom stereocenters. The first kappa shape index (κ1) is 15.7. The van der Waals surface area contributed by atoms with Gasteiger partial charge < -0.3 is 10.5 Å². The lowest BCUT2D eigenvalue weighted by molar-refractivity contribution is -0.137. The highest BCUT2D eigenvalue weighted by Gasteiger charge is 2.30. The maximum atomic E-state index is 12.5. The van der Waals surface area contributed by atoms with Gasteiger partial charge in [-0.2, -0.15) is 13.2 Å². The molecule has 19 heavy (non-hydrogen) atoms. The van der Waals surface area contributed by atoms with Crippen molar-refractivity contribution in [3.8, 4) is 0 Å². The molecule has 1 aromatic carbocycles. The van der Waals surface area contributed by atoms with Crippen LogP contribution in [0.3, 0.4) is 0 Å². The number of hydrogen-bond donors (Lipinski definition) is 1. The number of benzene rings is 1. The van der Waals surface area contributed by atoms with Crippen molar-refractivity contribution in [1.29, 1.82) is 0 Å². The van der Waals surface area contributed by atoms with Gasteiger partial charge in [0.1, 0.15) is 0 Å². The molecule has 3 nitrogen and oxygen atoms in total. The Morgan fingerprint density at radius 1 is 1.42 bits per heavy atom. The molecule has 0 radical (unpaired) electrons. The first-order valence-electron chi connectivity index (χ1n) is 5.78. The third-order valence-corrected chi connectivity index (χ3v) is 2.68. The average Bonchev–Trinajstić information content (AvgIpc) is 2.35. The summed E-state index contributed by atoms with van der Waals surface area (Å²) in [4.78, 5) is 11.7. The van der Waals surface area contributed by atoms with E-state index in [1.807, 2.05) is 0 Å². The highest BCUT2D eigenvalue weighted by Crippen LogP contribution is 2.29. The summed E-state index contributed by atoms with van der Waals surface area (Å²) in [5, 5.41) is 0. The maximum absolute atomic E-state index is 12.5. The molecule has 0 bridgehead atoms. The van der Waals surface area contributed by atoms with Crippen LogP contribution in [0.5, 0.6) is 0 Å². The maximum Gasteiger partial charge on any atom is 0.416 e. The van der Waals surface area contributed by atoms with E-state index in [-0.39, 0.29) is 12.2 Å². The monoisotopic (exact) mass is 275 g/mol. The number of hydrogen-bond acceptors (Lipinski definition) is 3. The number of nitrogens with two attached hydrogens (primary N) is 1. The Bertz CT molecular complexity index is 432. The van der Waals surface area contributed by atoms with Crippen LogP contribution < -0.4 is 5.73 Å². The lowest BCUT2D eigenvalue weighted by Crippen LogP contribution is -2.32. The number of Topliss-reactive ketones (excluding diaryl/α,β-unsaturated/α-hetero) is 1. The Morgan fingerprint density at radius 3 is 2.68 bits per heavy atom. The predicted octanol–water partition coefficient (Wildman–Crippen LogP) is 2.18. The third kappa shape index (κ3) is 5.00. The van der Waals surface area contributed by atoms with E-state index in [2.05, 4.69) is 0 Å². The van der Waals surface area contributed by atoms with E-state index < -0.39 is 17.8 Å². The summed E-state index contributed by atoms with van der Waals surface area (Å²) in [6.45, 7) is 0.343. The van der Waals surface area contributed by atoms with E-state index in [4.69, 9.17) is 10.5 Å². The molecular weight excluding hydrogens is 259 g/mol. The van der Waals surface area contributed by atoms with Crippen LogP contribution >= 0.6 is 0 Å². The van der Waals surface area contributed by atoms with Gasteiger partial charge in [0.25, 0.3) is 0 Å². The smallest absolute Gasteiger partial charge is 0.385 e. The highest BCUT2D eigenvalue weighted by molar-refractivity contribution is 5.85. The van der Waals surface area contributed by atoms with E-state index in [9.17, 15) is 18.0 Å². The number of alkyl halides is 3. The number of halogens is 3. The van der Waals surface area contributed by atoms with Crippen LogP contribution in [0, 0.1) is 0 Å². The van der Waals surface area contributed by atoms with Crippen molar-refractivity contribution in [1.82, 2.24) is 0 Å². The highest BCUT2D eigenvalue weighted by atomic mass is 19.4. The van der Waals surface area contributed by atoms with Crippen LogP contribution in [0.4, 0.5) is 13.2 Å². The second-order valence-electron chi connectivity index (χ2n) is 4.23. The molecule has 0 heterocycles. The molecule has 0 aliphatic carbocycles. The molecule has 0 saturated carbocycles. The van der Waals surface area contributed by atoms with E-state index in [0.29, 0.717) is 18.6 Å². The van der Waals surface area contributed by atoms with Crippen molar-refractivity contribution in [3.63, 3.8) is 0 Å². The predicted molar refractivity (Wildman–Crippen MR) is 64.6 cm³/mol. The number of ether oxygens (including phenoxy) is 1. The zero-order chi connectivity index (χ0) is 14.5. The Kier molecular flexibility index (Phi) is 5.50. The van der Waals surface area contributed by atoms with Gasteiger partial charge >= 0.3 is 6.18 Å². The fourth-order valence-corrected chi connectivity index (χ4v) is 1.60. The van der Waals surface area contributed by atoms with Gasteiger partial charge in [-0.15, -0.1) is 0 Å². The Balaban J connectivity index is 2.69. The first-order chi connectivity index (χ1) is 8.84. The molecule has 6 heteroatoms. The minimum Gasteiger partial charge on any atom is -0.385 e. The average molecular weight is 275 g/mol. The summed E-state index contributed by atoms with van der Waals surface area (Å²) in [5.41, 5.74) is 5.18. The molecule has 0 saturated heterocycles. The van der Waals surface area contributed by atoms with Gasteiger partial charge in [0.05, 0.1) is 11.6 Å². The molecule has 0 amide bonds. The van der Waals surface area contributed by atoms with E-state index in [1.165, 1.54) is 19.2 Å². The first-order valence-corrected chi connectivity index (χ1v) is 5.78. The van der Waals surface area contributed by atoms with Gasteiger partial charge in [-0.1, -0.05) is 18.2 Å². The zero-order valence-electron chi connectivity index (χ0n) is 10.5. The molecule has 0 aliphatic rings. The van der Waals surface area contributed by atoms with Crippen LogP contribution in [0.2, 0.25) is 0 Å². The second kappa shape index (κ2) is 6.68. The van der Waals surface area contributed by atoms with Crippen LogP contribution in [0.15, 0.2) is 24.3 Å². The molecular formula is C13H16F3NO2. The zero-order valence-corrected chi connectivity index (χ0v) is 10.5. The summed E-state index contributed by atoms with van der Waals surface area (Å²) in [6.07, 6.45) is -4.15. The molecule has 1 atom stereocenters. The largest absolute Gasteiger partial charge is 0.416 e. The third-order valence-electron chi connectivity index (χ3n) is 2.68. The summed E-state index contributed by atoms with van der Waals surface area (Å²) in [5.74, 6) is -0.295. The van der Waals surface area contributed by atoms with E-state index in [0.717, 1.165) is 12.1 Å². The van der Waals surface area contributed by atoms with Crippen molar-refractivity contribution >= 4 is 5.78 Å². The van der Waals surface area contributed by atoms with Gasteiger partial charge in [-0.3, -0.25) is 4.79 Å². The lowest BCUT2D eigenvalue weighted by atomic mass is 10.0. The van der Waals surface area contributed by atoms with Crippen molar-refractivity contribution < 1.29 is 22.7 Å². The Labute approximate surface area is 109 Å². The van der Waals surface area contributed by atoms with Crippen LogP contribution in [-0.4, -0.2) is 25.5 Å². The molecule has 0 aliphatic heterocycles. The molecule has 106 valence electrons. The summed E-state index contributed by atoms with van der Waals surface area (Å²) < 4.78 is 42.3. The number of carbonyl (C=O) groups is 1. The topological polar surface area (TPSA) is 52.3 Å². The summed E-state index contributed by atoms with van der Waals surface area (Å²) in [7, 11) is 1.49. The van der Waals surface area contributed by atoms with Crippen LogP contribution in [0.1, 0.15) is 17.5 Å². The number of rotatable bonds is 6. The number of carbonyl (C=O) groups excluding carboxylic acids is 1. The Morgan fingerprint density at radius 2 is 2.11 bits per heavy atom. The van der Waals surface area contributed by atoms with Gasteiger partial charge in [-0.25, -0.2) is 0 Å². The summed E-state index contributed by atoms with van der Waals surface area (Å²) >= 11 is 0. The Hall–Kier alpha value is -1.40. The van der Waals surface area contributed by atoms with Gasteiger partial charge in [-0.05, 0) is 18.1 Å². The van der Waals surface area contributed by atoms with Gasteiger partial charge in [0, 0.05) is 20.1 Å². The lowest BCUT2D eigenvalue weighted by Gasteiger charge is -2.11. The van der Waals surface area contributed by atoms with Crippen molar-refractivity contribution in [2.24, 2.45) is 5.73 Å². The molecule has 2 N–H and O–H groups in total. The van der Waals surface area contributed by atoms with Crippen molar-refractivity contribution in [2.45, 2.75) is 25.1 Å². The van der Waals surface area contributed by atoms with Gasteiger partial charge in [0.2, 0.25) is 0 Å². The normalized spacial score (nSPS) is 13.3. The summed E-state index contributed by atoms with van der Waals surface area (Å²) in [6, 6.07) is 4.00. The molecule has 0 aromatic heterocycles. The fraction of sp³-hybridized carbons (Fsp3) is 0.462. The second-order valence-corrected chi connectivity index (χ2v) is 4.23. The van der Waals surface area contributed by atoms with Crippen LogP contribution in [-0.2, 0) is 22.1 Å². The quantitative estimate of drug-likeness (QED) is 0.865.